The van der Waals surface area contributed by atoms with Gasteiger partial charge in [0.2, 0.25) is 0 Å². The van der Waals surface area contributed by atoms with Crippen LogP contribution in [-0.4, -0.2) is 4.57 Å². The number of benzene rings is 6. The molecule has 3 nitrogen and oxygen atoms in total. The smallest absolute Gasteiger partial charge is 0.135 e. The maximum Gasteiger partial charge on any atom is 0.135 e. The van der Waals surface area contributed by atoms with E-state index in [1.807, 2.05) is 48.5 Å². The molecule has 0 radical (unpaired) electrons. The minimum atomic E-state index is 0.625. The van der Waals surface area contributed by atoms with Gasteiger partial charge in [-0.3, -0.25) is 0 Å². The molecule has 2 aromatic heterocycles. The first-order chi connectivity index (χ1) is 19.8. The van der Waals surface area contributed by atoms with Gasteiger partial charge in [-0.05, 0) is 59.2 Å². The fraction of sp³-hybridized carbons (Fsp3) is 0. The largest absolute Gasteiger partial charge is 0.456 e. The molecule has 0 fully saturated rings. The minimum Gasteiger partial charge on any atom is -0.456 e. The number of furan rings is 1. The van der Waals surface area contributed by atoms with E-state index in [1.54, 1.807) is 0 Å². The molecule has 0 aliphatic heterocycles. The topological polar surface area (TPSA) is 41.9 Å². The van der Waals surface area contributed by atoms with Gasteiger partial charge in [-0.15, -0.1) is 0 Å². The van der Waals surface area contributed by atoms with Crippen molar-refractivity contribution in [3.05, 3.63) is 139 Å². The average Bonchev–Trinajstić information content (AvgIpc) is 3.56. The molecule has 0 aliphatic carbocycles. The molecular formula is C37H22N2O. The van der Waals surface area contributed by atoms with Crippen LogP contribution in [0.25, 0.3) is 71.7 Å². The van der Waals surface area contributed by atoms with Gasteiger partial charge in [-0.2, -0.15) is 5.26 Å². The molecule has 0 atom stereocenters. The van der Waals surface area contributed by atoms with Crippen LogP contribution in [-0.2, 0) is 0 Å². The van der Waals surface area contributed by atoms with Crippen molar-refractivity contribution in [3.8, 4) is 34.0 Å². The molecule has 0 aliphatic rings. The zero-order valence-corrected chi connectivity index (χ0v) is 21.5. The number of nitriles is 1. The first-order valence-corrected chi connectivity index (χ1v) is 13.3. The van der Waals surface area contributed by atoms with Gasteiger partial charge in [0.15, 0.2) is 0 Å². The van der Waals surface area contributed by atoms with E-state index in [2.05, 4.69) is 95.6 Å². The fourth-order valence-electron chi connectivity index (χ4n) is 6.03. The highest BCUT2D eigenvalue weighted by Gasteiger charge is 2.21. The van der Waals surface area contributed by atoms with Crippen molar-refractivity contribution in [1.82, 2.24) is 4.57 Å². The SMILES string of the molecule is N#Cc1cc(-c2ccccc2)cc(-c2ccc3oc4ccccc4c3c2)c1-n1c2ccccc2c2ccccc21. The predicted molar refractivity (Wildman–Crippen MR) is 164 cm³/mol. The van der Waals surface area contributed by atoms with E-state index in [-0.39, 0.29) is 0 Å². The molecule has 0 bridgehead atoms. The normalized spacial score (nSPS) is 11.5. The van der Waals surface area contributed by atoms with Crippen molar-refractivity contribution in [3.63, 3.8) is 0 Å². The Labute approximate surface area is 230 Å². The highest BCUT2D eigenvalue weighted by atomic mass is 16.3. The quantitative estimate of drug-likeness (QED) is 0.237. The van der Waals surface area contributed by atoms with Crippen molar-refractivity contribution < 1.29 is 4.42 Å². The zero-order valence-electron chi connectivity index (χ0n) is 21.5. The molecule has 0 spiro atoms. The number of para-hydroxylation sites is 3. The summed E-state index contributed by atoms with van der Waals surface area (Å²) in [6, 6.07) is 48.4. The molecule has 6 aromatic carbocycles. The molecule has 3 heteroatoms. The average molecular weight is 511 g/mol. The highest BCUT2D eigenvalue weighted by Crippen LogP contribution is 2.41. The molecule has 0 saturated heterocycles. The Morgan fingerprint density at radius 1 is 0.500 bits per heavy atom. The Hall–Kier alpha value is -5.59. The Morgan fingerprint density at radius 3 is 1.85 bits per heavy atom. The van der Waals surface area contributed by atoms with Gasteiger partial charge in [0.1, 0.15) is 17.2 Å². The van der Waals surface area contributed by atoms with Crippen LogP contribution in [0.4, 0.5) is 0 Å². The van der Waals surface area contributed by atoms with Crippen molar-refractivity contribution in [2.75, 3.05) is 0 Å². The Kier molecular flexibility index (Phi) is 4.89. The summed E-state index contributed by atoms with van der Waals surface area (Å²) in [5.41, 5.74) is 9.48. The Bertz CT molecular complexity index is 2230. The van der Waals surface area contributed by atoms with Crippen LogP contribution in [0.3, 0.4) is 0 Å². The monoisotopic (exact) mass is 510 g/mol. The van der Waals surface area contributed by atoms with E-state index in [9.17, 15) is 5.26 Å². The number of hydrogen-bond donors (Lipinski definition) is 0. The second kappa shape index (κ2) is 8.73. The van der Waals surface area contributed by atoms with Crippen LogP contribution in [0.2, 0.25) is 0 Å². The van der Waals surface area contributed by atoms with Crippen molar-refractivity contribution in [2.24, 2.45) is 0 Å². The van der Waals surface area contributed by atoms with Crippen LogP contribution in [0.15, 0.2) is 138 Å². The van der Waals surface area contributed by atoms with Crippen LogP contribution >= 0.6 is 0 Å². The summed E-state index contributed by atoms with van der Waals surface area (Å²) in [6.07, 6.45) is 0. The number of hydrogen-bond acceptors (Lipinski definition) is 2. The lowest BCUT2D eigenvalue weighted by Gasteiger charge is -2.18. The molecular weight excluding hydrogens is 488 g/mol. The second-order valence-corrected chi connectivity index (χ2v) is 10.1. The maximum absolute atomic E-state index is 10.6. The maximum atomic E-state index is 10.6. The number of rotatable bonds is 3. The van der Waals surface area contributed by atoms with Gasteiger partial charge in [-0.25, -0.2) is 0 Å². The molecule has 40 heavy (non-hydrogen) atoms. The number of nitrogens with zero attached hydrogens (tertiary/aromatic N) is 2. The van der Waals surface area contributed by atoms with E-state index >= 15 is 0 Å². The van der Waals surface area contributed by atoms with Gasteiger partial charge >= 0.3 is 0 Å². The van der Waals surface area contributed by atoms with Crippen LogP contribution < -0.4 is 0 Å². The first kappa shape index (κ1) is 22.4. The third-order valence-electron chi connectivity index (χ3n) is 7.83. The number of aromatic nitrogens is 1. The molecule has 8 rings (SSSR count). The van der Waals surface area contributed by atoms with Gasteiger partial charge in [0.05, 0.1) is 22.3 Å². The van der Waals surface area contributed by atoms with E-state index in [1.165, 1.54) is 0 Å². The highest BCUT2D eigenvalue weighted by molar-refractivity contribution is 6.11. The third-order valence-corrected chi connectivity index (χ3v) is 7.83. The molecule has 0 amide bonds. The van der Waals surface area contributed by atoms with Crippen molar-refractivity contribution in [1.29, 1.82) is 5.26 Å². The molecule has 186 valence electrons. The first-order valence-electron chi connectivity index (χ1n) is 13.3. The van der Waals surface area contributed by atoms with Gasteiger partial charge in [-0.1, -0.05) is 91.0 Å². The van der Waals surface area contributed by atoms with Crippen LogP contribution in [0.5, 0.6) is 0 Å². The fourth-order valence-corrected chi connectivity index (χ4v) is 6.03. The van der Waals surface area contributed by atoms with E-state index in [4.69, 9.17) is 4.42 Å². The lowest BCUT2D eigenvalue weighted by Crippen LogP contribution is -2.02. The number of fused-ring (bicyclic) bond motifs is 6. The molecule has 8 aromatic rings. The lowest BCUT2D eigenvalue weighted by atomic mass is 9.93. The summed E-state index contributed by atoms with van der Waals surface area (Å²) in [4.78, 5) is 0. The van der Waals surface area contributed by atoms with Gasteiger partial charge in [0, 0.05) is 27.1 Å². The third kappa shape index (κ3) is 3.30. The summed E-state index contributed by atoms with van der Waals surface area (Å²) in [7, 11) is 0. The van der Waals surface area contributed by atoms with Crippen molar-refractivity contribution >= 4 is 43.7 Å². The van der Waals surface area contributed by atoms with Crippen LogP contribution in [0, 0.1) is 11.3 Å². The van der Waals surface area contributed by atoms with Gasteiger partial charge < -0.3 is 8.98 Å². The summed E-state index contributed by atoms with van der Waals surface area (Å²) >= 11 is 0. The van der Waals surface area contributed by atoms with Crippen molar-refractivity contribution in [2.45, 2.75) is 0 Å². The van der Waals surface area contributed by atoms with E-state index in [0.29, 0.717) is 5.56 Å². The predicted octanol–water partition coefficient (Wildman–Crippen LogP) is 9.89. The standard InChI is InChI=1S/C37H22N2O/c38-23-27-20-26(24-10-2-1-3-11-24)22-31(25-18-19-36-32(21-25)30-14-6-9-17-35(30)40-36)37(27)39-33-15-7-4-12-28(33)29-13-5-8-16-34(29)39/h1-22H. The van der Waals surface area contributed by atoms with Crippen LogP contribution in [0.1, 0.15) is 5.56 Å². The molecule has 0 unspecified atom stereocenters. The molecule has 0 N–H and O–H groups in total. The van der Waals surface area contributed by atoms with E-state index in [0.717, 1.165) is 71.7 Å². The van der Waals surface area contributed by atoms with Gasteiger partial charge in [0.25, 0.3) is 0 Å². The Morgan fingerprint density at radius 2 is 1.12 bits per heavy atom. The summed E-state index contributed by atoms with van der Waals surface area (Å²) in [5.74, 6) is 0. The summed E-state index contributed by atoms with van der Waals surface area (Å²) in [5, 5.41) is 15.1. The minimum absolute atomic E-state index is 0.625. The summed E-state index contributed by atoms with van der Waals surface area (Å²) < 4.78 is 8.40. The zero-order chi connectivity index (χ0) is 26.6. The van der Waals surface area contributed by atoms with E-state index < -0.39 is 0 Å². The molecule has 0 saturated carbocycles. The lowest BCUT2D eigenvalue weighted by molar-refractivity contribution is 0.669. The molecule has 2 heterocycles. The Balaban J connectivity index is 1.52. The summed E-state index contributed by atoms with van der Waals surface area (Å²) in [6.45, 7) is 0. The second-order valence-electron chi connectivity index (χ2n) is 10.1.